The number of hydrogen-bond donors (Lipinski definition) is 2. The highest BCUT2D eigenvalue weighted by Crippen LogP contribution is 2.29. The molecule has 1 aromatic heterocycles. The lowest BCUT2D eigenvalue weighted by molar-refractivity contribution is -0.143. The van der Waals surface area contributed by atoms with Crippen LogP contribution in [0.4, 0.5) is 0 Å². The molecule has 0 aliphatic rings. The molecule has 3 aromatic rings. The van der Waals surface area contributed by atoms with E-state index < -0.39 is 0 Å². The van der Waals surface area contributed by atoms with E-state index in [9.17, 15) is 9.59 Å². The normalized spacial score (nSPS) is 10.8. The molecule has 0 aliphatic carbocycles. The van der Waals surface area contributed by atoms with Crippen LogP contribution in [0.15, 0.2) is 54.7 Å². The van der Waals surface area contributed by atoms with Gasteiger partial charge < -0.3 is 19.8 Å². The number of benzene rings is 2. The number of aromatic nitrogens is 2. The number of esters is 2. The monoisotopic (exact) mass is 434 g/mol. The second-order valence-corrected chi connectivity index (χ2v) is 7.43. The summed E-state index contributed by atoms with van der Waals surface area (Å²) < 4.78 is 11.5. The standard InChI is InChI=1S/C24H26N4O4/c1-28-14-20(16-6-8-17(9-7-16)23(25)26)27-24(28)18-10-4-15(5-11-18)19(12-21(29)31-2)13-22(30)32-3/h4-11,14,19H,12-13H2,1-3H3,(H3,25,26). The predicted molar refractivity (Wildman–Crippen MR) is 121 cm³/mol. The number of imidazole rings is 1. The van der Waals surface area contributed by atoms with Crippen LogP contribution in [-0.2, 0) is 26.1 Å². The molecule has 0 saturated carbocycles. The summed E-state index contributed by atoms with van der Waals surface area (Å²) in [5, 5.41) is 7.51. The Morgan fingerprint density at radius 3 is 2.00 bits per heavy atom. The smallest absolute Gasteiger partial charge is 0.306 e. The number of carbonyl (C=O) groups is 2. The third kappa shape index (κ3) is 5.21. The second-order valence-electron chi connectivity index (χ2n) is 7.43. The van der Waals surface area contributed by atoms with Crippen molar-refractivity contribution in [3.63, 3.8) is 0 Å². The Morgan fingerprint density at radius 2 is 1.50 bits per heavy atom. The fourth-order valence-electron chi connectivity index (χ4n) is 3.48. The van der Waals surface area contributed by atoms with Gasteiger partial charge >= 0.3 is 11.9 Å². The van der Waals surface area contributed by atoms with Crippen LogP contribution in [0.2, 0.25) is 0 Å². The van der Waals surface area contributed by atoms with E-state index in [1.54, 1.807) is 12.1 Å². The number of methoxy groups -OCH3 is 2. The van der Waals surface area contributed by atoms with Crippen molar-refractivity contribution in [3.05, 3.63) is 65.9 Å². The van der Waals surface area contributed by atoms with Crippen LogP contribution in [0.5, 0.6) is 0 Å². The molecule has 0 spiro atoms. The lowest BCUT2D eigenvalue weighted by atomic mass is 9.92. The van der Waals surface area contributed by atoms with E-state index in [1.165, 1.54) is 14.2 Å². The molecule has 0 amide bonds. The van der Waals surface area contributed by atoms with Crippen LogP contribution in [0.1, 0.15) is 29.9 Å². The number of ether oxygens (including phenoxy) is 2. The summed E-state index contributed by atoms with van der Waals surface area (Å²) >= 11 is 0. The lowest BCUT2D eigenvalue weighted by Crippen LogP contribution is -2.14. The lowest BCUT2D eigenvalue weighted by Gasteiger charge is -2.15. The average molecular weight is 434 g/mol. The zero-order valence-electron chi connectivity index (χ0n) is 18.3. The fraction of sp³-hybridized carbons (Fsp3) is 0.250. The van der Waals surface area contributed by atoms with Crippen molar-refractivity contribution >= 4 is 17.8 Å². The molecule has 0 bridgehead atoms. The van der Waals surface area contributed by atoms with Crippen molar-refractivity contribution in [1.82, 2.24) is 9.55 Å². The minimum absolute atomic E-state index is 0.0241. The van der Waals surface area contributed by atoms with Gasteiger partial charge in [0.15, 0.2) is 0 Å². The molecule has 32 heavy (non-hydrogen) atoms. The molecule has 3 rings (SSSR count). The van der Waals surface area contributed by atoms with Crippen molar-refractivity contribution in [2.24, 2.45) is 12.8 Å². The number of aryl methyl sites for hydroxylation is 1. The summed E-state index contributed by atoms with van der Waals surface area (Å²) in [7, 11) is 4.57. The van der Waals surface area contributed by atoms with Crippen molar-refractivity contribution < 1.29 is 19.1 Å². The number of rotatable bonds is 8. The maximum absolute atomic E-state index is 11.8. The van der Waals surface area contributed by atoms with Gasteiger partial charge in [-0.2, -0.15) is 0 Å². The summed E-state index contributed by atoms with van der Waals surface area (Å²) in [5.41, 5.74) is 9.65. The number of nitrogens with two attached hydrogens (primary N) is 1. The highest BCUT2D eigenvalue weighted by Gasteiger charge is 2.21. The molecular formula is C24H26N4O4. The van der Waals surface area contributed by atoms with Gasteiger partial charge in [0.2, 0.25) is 0 Å². The number of nitrogens with zero attached hydrogens (tertiary/aromatic N) is 2. The second kappa shape index (κ2) is 9.91. The van der Waals surface area contributed by atoms with Crippen molar-refractivity contribution in [2.45, 2.75) is 18.8 Å². The minimum atomic E-state index is -0.382. The zero-order chi connectivity index (χ0) is 23.3. The molecule has 1 heterocycles. The minimum Gasteiger partial charge on any atom is -0.469 e. The summed E-state index contributed by atoms with van der Waals surface area (Å²) in [6.07, 6.45) is 2.12. The van der Waals surface area contributed by atoms with Crippen LogP contribution < -0.4 is 5.73 Å². The summed E-state index contributed by atoms with van der Waals surface area (Å²) in [6, 6.07) is 15.0. The predicted octanol–water partition coefficient (Wildman–Crippen LogP) is 3.25. The van der Waals surface area contributed by atoms with Crippen LogP contribution in [-0.4, -0.2) is 41.5 Å². The molecule has 0 unspecified atom stereocenters. The maximum atomic E-state index is 11.8. The van der Waals surface area contributed by atoms with Gasteiger partial charge in [-0.3, -0.25) is 15.0 Å². The van der Waals surface area contributed by atoms with E-state index in [0.29, 0.717) is 5.56 Å². The molecule has 0 aliphatic heterocycles. The number of hydrogen-bond acceptors (Lipinski definition) is 6. The Kier molecular flexibility index (Phi) is 7.04. The van der Waals surface area contributed by atoms with Crippen molar-refractivity contribution in [2.75, 3.05) is 14.2 Å². The topological polar surface area (TPSA) is 120 Å². The fourth-order valence-corrected chi connectivity index (χ4v) is 3.48. The summed E-state index contributed by atoms with van der Waals surface area (Å²) in [4.78, 5) is 28.3. The van der Waals surface area contributed by atoms with E-state index in [4.69, 9.17) is 25.6 Å². The first-order chi connectivity index (χ1) is 15.3. The first-order valence-corrected chi connectivity index (χ1v) is 10.0. The maximum Gasteiger partial charge on any atom is 0.306 e. The van der Waals surface area contributed by atoms with E-state index in [2.05, 4.69) is 0 Å². The number of amidine groups is 1. The molecule has 0 saturated heterocycles. The van der Waals surface area contributed by atoms with Gasteiger partial charge in [0.05, 0.1) is 32.8 Å². The zero-order valence-corrected chi connectivity index (χ0v) is 18.3. The SMILES string of the molecule is COC(=O)CC(CC(=O)OC)c1ccc(-c2nc(-c3ccc(C(=N)N)cc3)cn2C)cc1. The molecule has 0 atom stereocenters. The first-order valence-electron chi connectivity index (χ1n) is 10.0. The largest absolute Gasteiger partial charge is 0.469 e. The van der Waals surface area contributed by atoms with Gasteiger partial charge in [0, 0.05) is 35.9 Å². The van der Waals surface area contributed by atoms with Gasteiger partial charge in [-0.15, -0.1) is 0 Å². The van der Waals surface area contributed by atoms with Gasteiger partial charge in [-0.1, -0.05) is 48.5 Å². The van der Waals surface area contributed by atoms with Crippen LogP contribution in [0.3, 0.4) is 0 Å². The Bertz CT molecular complexity index is 1100. The van der Waals surface area contributed by atoms with E-state index in [-0.39, 0.29) is 36.5 Å². The van der Waals surface area contributed by atoms with Crippen LogP contribution in [0, 0.1) is 5.41 Å². The van der Waals surface area contributed by atoms with Gasteiger partial charge in [0.25, 0.3) is 0 Å². The molecule has 8 nitrogen and oxygen atoms in total. The molecule has 2 aromatic carbocycles. The third-order valence-electron chi connectivity index (χ3n) is 5.29. The van der Waals surface area contributed by atoms with Crippen LogP contribution >= 0.6 is 0 Å². The number of nitrogen functional groups attached to an aromatic ring is 1. The number of nitrogens with one attached hydrogen (secondary N) is 1. The van der Waals surface area contributed by atoms with Crippen molar-refractivity contribution in [3.8, 4) is 22.6 Å². The average Bonchev–Trinajstić information content (AvgIpc) is 3.20. The van der Waals surface area contributed by atoms with Crippen LogP contribution in [0.25, 0.3) is 22.6 Å². The van der Waals surface area contributed by atoms with Gasteiger partial charge in [0.1, 0.15) is 11.7 Å². The summed E-state index contributed by atoms with van der Waals surface area (Å²) in [5.74, 6) is -0.295. The molecule has 166 valence electrons. The Hall–Kier alpha value is -3.94. The number of carbonyl (C=O) groups excluding carboxylic acids is 2. The Morgan fingerprint density at radius 1 is 0.969 bits per heavy atom. The first kappa shape index (κ1) is 22.7. The molecule has 8 heteroatoms. The molecule has 0 radical (unpaired) electrons. The van der Waals surface area contributed by atoms with Gasteiger partial charge in [-0.25, -0.2) is 4.98 Å². The van der Waals surface area contributed by atoms with E-state index in [1.807, 2.05) is 54.2 Å². The highest BCUT2D eigenvalue weighted by atomic mass is 16.5. The highest BCUT2D eigenvalue weighted by molar-refractivity contribution is 5.95. The molecule has 0 fully saturated rings. The van der Waals surface area contributed by atoms with E-state index >= 15 is 0 Å². The van der Waals surface area contributed by atoms with Gasteiger partial charge in [-0.05, 0) is 5.56 Å². The summed E-state index contributed by atoms with van der Waals surface area (Å²) in [6.45, 7) is 0. The Balaban J connectivity index is 1.85. The van der Waals surface area contributed by atoms with Crippen molar-refractivity contribution in [1.29, 1.82) is 5.41 Å². The molecule has 3 N–H and O–H groups in total. The Labute approximate surface area is 186 Å². The van der Waals surface area contributed by atoms with E-state index in [0.717, 1.165) is 28.2 Å². The quantitative estimate of drug-likeness (QED) is 0.319. The third-order valence-corrected chi connectivity index (χ3v) is 5.29. The molecular weight excluding hydrogens is 408 g/mol.